The Morgan fingerprint density at radius 2 is 2.06 bits per heavy atom. The molecule has 4 heteroatoms. The Morgan fingerprint density at radius 1 is 1.35 bits per heavy atom. The van der Waals surface area contributed by atoms with Crippen molar-refractivity contribution in [2.75, 3.05) is 7.05 Å². The quantitative estimate of drug-likeness (QED) is 0.868. The van der Waals surface area contributed by atoms with E-state index < -0.39 is 0 Å². The molecule has 1 aromatic heterocycles. The van der Waals surface area contributed by atoms with E-state index in [4.69, 9.17) is 4.52 Å². The van der Waals surface area contributed by atoms with Crippen LogP contribution in [0.3, 0.4) is 0 Å². The van der Waals surface area contributed by atoms with Gasteiger partial charge in [-0.3, -0.25) is 0 Å². The molecule has 0 aliphatic heterocycles. The van der Waals surface area contributed by atoms with Crippen LogP contribution in [0.25, 0.3) is 0 Å². The predicted molar refractivity (Wildman–Crippen MR) is 64.7 cm³/mol. The molecule has 2 aliphatic carbocycles. The summed E-state index contributed by atoms with van der Waals surface area (Å²) in [5.41, 5.74) is 0. The lowest BCUT2D eigenvalue weighted by Crippen LogP contribution is -2.24. The van der Waals surface area contributed by atoms with Gasteiger partial charge in [0, 0.05) is 18.4 Å². The first-order valence-corrected chi connectivity index (χ1v) is 6.79. The van der Waals surface area contributed by atoms with Gasteiger partial charge in [-0.1, -0.05) is 18.0 Å². The highest BCUT2D eigenvalue weighted by Gasteiger charge is 2.54. The molecular formula is C13H21N3O. The van der Waals surface area contributed by atoms with Crippen LogP contribution in [0.5, 0.6) is 0 Å². The van der Waals surface area contributed by atoms with Crippen LogP contribution in [-0.4, -0.2) is 23.2 Å². The Kier molecular flexibility index (Phi) is 2.90. The molecule has 2 saturated carbocycles. The number of nitrogens with zero attached hydrogens (tertiary/aromatic N) is 2. The second kappa shape index (κ2) is 4.41. The number of hydrogen-bond donors (Lipinski definition) is 1. The zero-order valence-corrected chi connectivity index (χ0v) is 10.6. The standard InChI is InChI=1S/C13H21N3O/c1-8(14-2)7-11-15-13(17-16-11)12-9-5-3-4-6-10(9)12/h8-10,12,14H,3-7H2,1-2H3. The number of likely N-dealkylation sites (N-methyl/N-ethyl adjacent to an activating group) is 1. The van der Waals surface area contributed by atoms with Gasteiger partial charge >= 0.3 is 0 Å². The van der Waals surface area contributed by atoms with E-state index in [-0.39, 0.29) is 0 Å². The van der Waals surface area contributed by atoms with E-state index in [1.807, 2.05) is 7.05 Å². The van der Waals surface area contributed by atoms with Crippen molar-refractivity contribution in [2.45, 2.75) is 51.0 Å². The predicted octanol–water partition coefficient (Wildman–Crippen LogP) is 2.12. The first-order valence-electron chi connectivity index (χ1n) is 6.79. The number of fused-ring (bicyclic) bond motifs is 1. The fraction of sp³-hybridized carbons (Fsp3) is 0.846. The fourth-order valence-electron chi connectivity index (χ4n) is 3.22. The van der Waals surface area contributed by atoms with E-state index in [1.165, 1.54) is 25.7 Å². The van der Waals surface area contributed by atoms with E-state index in [0.29, 0.717) is 12.0 Å². The maximum absolute atomic E-state index is 5.44. The van der Waals surface area contributed by atoms with E-state index >= 15 is 0 Å². The van der Waals surface area contributed by atoms with Gasteiger partial charge in [0.05, 0.1) is 0 Å². The molecule has 0 radical (unpaired) electrons. The van der Waals surface area contributed by atoms with Gasteiger partial charge in [-0.05, 0) is 38.6 Å². The first kappa shape index (κ1) is 11.2. The summed E-state index contributed by atoms with van der Waals surface area (Å²) in [5.74, 6) is 4.03. The third-order valence-electron chi connectivity index (χ3n) is 4.41. The lowest BCUT2D eigenvalue weighted by molar-refractivity contribution is 0.366. The third-order valence-corrected chi connectivity index (χ3v) is 4.41. The molecule has 4 nitrogen and oxygen atoms in total. The van der Waals surface area contributed by atoms with Crippen molar-refractivity contribution in [3.8, 4) is 0 Å². The largest absolute Gasteiger partial charge is 0.339 e. The SMILES string of the molecule is CNC(C)Cc1noc(C2C3CCCCC32)n1. The fourth-order valence-corrected chi connectivity index (χ4v) is 3.22. The maximum atomic E-state index is 5.44. The molecule has 0 aromatic carbocycles. The van der Waals surface area contributed by atoms with E-state index in [9.17, 15) is 0 Å². The van der Waals surface area contributed by atoms with Gasteiger partial charge in [0.2, 0.25) is 5.89 Å². The molecule has 3 unspecified atom stereocenters. The maximum Gasteiger partial charge on any atom is 0.230 e. The summed E-state index contributed by atoms with van der Waals surface area (Å²) in [6.07, 6.45) is 6.34. The molecule has 1 N–H and O–H groups in total. The van der Waals surface area contributed by atoms with Gasteiger partial charge in [0.1, 0.15) is 0 Å². The van der Waals surface area contributed by atoms with Crippen molar-refractivity contribution in [3.05, 3.63) is 11.7 Å². The molecule has 3 rings (SSSR count). The van der Waals surface area contributed by atoms with Crippen LogP contribution in [0, 0.1) is 11.8 Å². The first-order chi connectivity index (χ1) is 8.29. The topological polar surface area (TPSA) is 51.0 Å². The summed E-state index contributed by atoms with van der Waals surface area (Å²) in [5, 5.41) is 7.29. The van der Waals surface area contributed by atoms with Crippen molar-refractivity contribution in [2.24, 2.45) is 11.8 Å². The van der Waals surface area contributed by atoms with Gasteiger partial charge in [0.15, 0.2) is 5.82 Å². The van der Waals surface area contributed by atoms with Gasteiger partial charge in [-0.2, -0.15) is 4.98 Å². The van der Waals surface area contributed by atoms with Crippen LogP contribution in [0.1, 0.15) is 50.2 Å². The molecule has 2 fully saturated rings. The molecule has 1 heterocycles. The monoisotopic (exact) mass is 235 g/mol. The molecule has 3 atom stereocenters. The molecule has 0 bridgehead atoms. The van der Waals surface area contributed by atoms with Crippen LogP contribution in [-0.2, 0) is 6.42 Å². The third kappa shape index (κ3) is 2.10. The molecule has 0 amide bonds. The number of aromatic nitrogens is 2. The minimum Gasteiger partial charge on any atom is -0.339 e. The Bertz CT molecular complexity index is 378. The Hall–Kier alpha value is -0.900. The summed E-state index contributed by atoms with van der Waals surface area (Å²) in [7, 11) is 1.96. The van der Waals surface area contributed by atoms with Crippen molar-refractivity contribution >= 4 is 0 Å². The minimum absolute atomic E-state index is 0.405. The van der Waals surface area contributed by atoms with Crippen LogP contribution < -0.4 is 5.32 Å². The van der Waals surface area contributed by atoms with Crippen LogP contribution in [0.2, 0.25) is 0 Å². The number of hydrogen-bond acceptors (Lipinski definition) is 4. The lowest BCUT2D eigenvalue weighted by Gasteiger charge is -2.04. The zero-order chi connectivity index (χ0) is 11.8. The van der Waals surface area contributed by atoms with Gasteiger partial charge in [-0.15, -0.1) is 0 Å². The molecule has 0 spiro atoms. The van der Waals surface area contributed by atoms with Gasteiger partial charge in [0.25, 0.3) is 0 Å². The van der Waals surface area contributed by atoms with Crippen LogP contribution >= 0.6 is 0 Å². The van der Waals surface area contributed by atoms with Crippen LogP contribution in [0.15, 0.2) is 4.52 Å². The second-order valence-corrected chi connectivity index (χ2v) is 5.58. The average Bonchev–Trinajstić information content (AvgIpc) is 2.92. The highest BCUT2D eigenvalue weighted by Crippen LogP contribution is 2.60. The summed E-state index contributed by atoms with van der Waals surface area (Å²) in [6, 6.07) is 0.405. The lowest BCUT2D eigenvalue weighted by atomic mass is 10.0. The average molecular weight is 235 g/mol. The molecule has 17 heavy (non-hydrogen) atoms. The minimum atomic E-state index is 0.405. The molecular weight excluding hydrogens is 214 g/mol. The van der Waals surface area contributed by atoms with Crippen molar-refractivity contribution < 1.29 is 4.52 Å². The normalized spacial score (nSPS) is 33.2. The smallest absolute Gasteiger partial charge is 0.230 e. The van der Waals surface area contributed by atoms with Gasteiger partial charge in [-0.25, -0.2) is 0 Å². The zero-order valence-electron chi connectivity index (χ0n) is 10.6. The molecule has 2 aliphatic rings. The van der Waals surface area contributed by atoms with Crippen molar-refractivity contribution in [1.29, 1.82) is 0 Å². The Labute approximate surface area is 102 Å². The Morgan fingerprint density at radius 3 is 2.71 bits per heavy atom. The highest BCUT2D eigenvalue weighted by atomic mass is 16.5. The van der Waals surface area contributed by atoms with E-state index in [0.717, 1.165) is 30.0 Å². The van der Waals surface area contributed by atoms with E-state index in [1.54, 1.807) is 0 Å². The number of rotatable bonds is 4. The second-order valence-electron chi connectivity index (χ2n) is 5.58. The van der Waals surface area contributed by atoms with Crippen LogP contribution in [0.4, 0.5) is 0 Å². The molecule has 1 aromatic rings. The summed E-state index contributed by atoms with van der Waals surface area (Å²) < 4.78 is 5.44. The summed E-state index contributed by atoms with van der Waals surface area (Å²) >= 11 is 0. The number of nitrogens with one attached hydrogen (secondary N) is 1. The van der Waals surface area contributed by atoms with Crippen molar-refractivity contribution in [1.82, 2.24) is 15.5 Å². The Balaban J connectivity index is 1.65. The highest BCUT2D eigenvalue weighted by molar-refractivity contribution is 5.14. The van der Waals surface area contributed by atoms with E-state index in [2.05, 4.69) is 22.4 Å². The molecule has 94 valence electrons. The summed E-state index contributed by atoms with van der Waals surface area (Å²) in [4.78, 5) is 4.57. The van der Waals surface area contributed by atoms with Gasteiger partial charge < -0.3 is 9.84 Å². The van der Waals surface area contributed by atoms with Crippen molar-refractivity contribution in [3.63, 3.8) is 0 Å². The summed E-state index contributed by atoms with van der Waals surface area (Å²) in [6.45, 7) is 2.13. The molecule has 0 saturated heterocycles.